The fourth-order valence-electron chi connectivity index (χ4n) is 0.886. The van der Waals surface area contributed by atoms with Crippen LogP contribution in [0, 0.1) is 6.33 Å². The topological polar surface area (TPSA) is 30.7 Å². The van der Waals surface area contributed by atoms with E-state index in [0.29, 0.717) is 0 Å². The Labute approximate surface area is 64.3 Å². The molecule has 0 atom stereocenters. The smallest absolute Gasteiger partial charge is 0.199 e. The summed E-state index contributed by atoms with van der Waals surface area (Å²) in [6, 6.07) is 5.72. The predicted octanol–water partition coefficient (Wildman–Crippen LogP) is 1.07. The lowest BCUT2D eigenvalue weighted by Gasteiger charge is -1.97. The quantitative estimate of drug-likeness (QED) is 0.599. The van der Waals surface area contributed by atoms with Crippen LogP contribution < -0.4 is 0 Å². The lowest BCUT2D eigenvalue weighted by atomic mass is 10.6. The molecule has 3 heteroatoms. The van der Waals surface area contributed by atoms with Gasteiger partial charge in [0, 0.05) is 18.6 Å². The van der Waals surface area contributed by atoms with Gasteiger partial charge in [-0.05, 0) is 18.2 Å². The van der Waals surface area contributed by atoms with Crippen LogP contribution >= 0.6 is 0 Å². The first-order valence-electron chi connectivity index (χ1n) is 3.29. The van der Waals surface area contributed by atoms with E-state index in [1.54, 1.807) is 6.20 Å². The van der Waals surface area contributed by atoms with Crippen molar-refractivity contribution < 1.29 is 0 Å². The van der Waals surface area contributed by atoms with Crippen molar-refractivity contribution in [2.45, 2.75) is 0 Å². The lowest BCUT2D eigenvalue weighted by molar-refractivity contribution is 0.977. The molecule has 2 rings (SSSR count). The summed E-state index contributed by atoms with van der Waals surface area (Å²) < 4.78 is 1.90. The Balaban J connectivity index is 2.46. The maximum atomic E-state index is 3.95. The average molecular weight is 144 g/mol. The van der Waals surface area contributed by atoms with Crippen LogP contribution in [0.15, 0.2) is 36.8 Å². The minimum absolute atomic E-state index is 0.838. The highest BCUT2D eigenvalue weighted by Gasteiger charge is 1.91. The van der Waals surface area contributed by atoms with Crippen LogP contribution in [0.3, 0.4) is 0 Å². The standard InChI is InChI=1S/C8H6N3/c1-2-6-11(5-1)8-3-4-9-7-10-8/h1-6H. The number of hydrogen-bond acceptors (Lipinski definition) is 2. The molecule has 0 aliphatic heterocycles. The molecule has 2 aromatic heterocycles. The van der Waals surface area contributed by atoms with Crippen molar-refractivity contribution in [1.82, 2.24) is 14.5 Å². The van der Waals surface area contributed by atoms with Crippen molar-refractivity contribution in [3.8, 4) is 5.82 Å². The molecule has 0 saturated carbocycles. The second-order valence-electron chi connectivity index (χ2n) is 2.11. The first kappa shape index (κ1) is 6.09. The largest absolute Gasteiger partial charge is 0.309 e. The van der Waals surface area contributed by atoms with Gasteiger partial charge in [0.15, 0.2) is 6.33 Å². The SMILES string of the molecule is [c]1nccc(-n2cccc2)n1. The normalized spacial score (nSPS) is 9.82. The molecule has 0 bridgehead atoms. The Morgan fingerprint density at radius 1 is 1.27 bits per heavy atom. The molecule has 3 nitrogen and oxygen atoms in total. The molecule has 0 aromatic carbocycles. The van der Waals surface area contributed by atoms with Crippen LogP contribution in [0.5, 0.6) is 0 Å². The molecule has 0 fully saturated rings. The first-order chi connectivity index (χ1) is 5.47. The molecule has 0 aliphatic carbocycles. The monoisotopic (exact) mass is 144 g/mol. The molecule has 0 amide bonds. The van der Waals surface area contributed by atoms with E-state index >= 15 is 0 Å². The molecule has 0 spiro atoms. The Bertz CT molecular complexity index is 312. The summed E-state index contributed by atoms with van der Waals surface area (Å²) in [5.74, 6) is 0.838. The first-order valence-corrected chi connectivity index (χ1v) is 3.29. The fourth-order valence-corrected chi connectivity index (χ4v) is 0.886. The third-order valence-corrected chi connectivity index (χ3v) is 1.39. The van der Waals surface area contributed by atoms with Crippen molar-refractivity contribution >= 4 is 0 Å². The summed E-state index contributed by atoms with van der Waals surface area (Å²) in [6.45, 7) is 0. The van der Waals surface area contributed by atoms with Crippen LogP contribution in [-0.2, 0) is 0 Å². The van der Waals surface area contributed by atoms with Gasteiger partial charge in [-0.2, -0.15) is 0 Å². The molecular weight excluding hydrogens is 138 g/mol. The van der Waals surface area contributed by atoms with Crippen LogP contribution in [-0.4, -0.2) is 14.5 Å². The number of aromatic nitrogens is 3. The van der Waals surface area contributed by atoms with Crippen LogP contribution in [0.25, 0.3) is 5.82 Å². The van der Waals surface area contributed by atoms with E-state index in [1.807, 2.05) is 35.2 Å². The molecule has 2 aromatic rings. The van der Waals surface area contributed by atoms with E-state index in [-0.39, 0.29) is 0 Å². The summed E-state index contributed by atoms with van der Waals surface area (Å²) in [7, 11) is 0. The van der Waals surface area contributed by atoms with Crippen LogP contribution in [0.4, 0.5) is 0 Å². The van der Waals surface area contributed by atoms with Crippen molar-refractivity contribution in [3.05, 3.63) is 43.1 Å². The lowest BCUT2D eigenvalue weighted by Crippen LogP contribution is -1.92. The van der Waals surface area contributed by atoms with Gasteiger partial charge in [0.25, 0.3) is 0 Å². The van der Waals surface area contributed by atoms with E-state index in [2.05, 4.69) is 16.3 Å². The minimum Gasteiger partial charge on any atom is -0.309 e. The number of hydrogen-bond donors (Lipinski definition) is 0. The molecule has 0 saturated heterocycles. The van der Waals surface area contributed by atoms with E-state index in [0.717, 1.165) is 5.82 Å². The Kier molecular flexibility index (Phi) is 1.41. The Morgan fingerprint density at radius 3 is 2.73 bits per heavy atom. The third kappa shape index (κ3) is 1.12. The van der Waals surface area contributed by atoms with Gasteiger partial charge in [-0.1, -0.05) is 0 Å². The Morgan fingerprint density at radius 2 is 2.09 bits per heavy atom. The van der Waals surface area contributed by atoms with Crippen LogP contribution in [0.2, 0.25) is 0 Å². The number of rotatable bonds is 1. The van der Waals surface area contributed by atoms with Crippen molar-refractivity contribution in [1.29, 1.82) is 0 Å². The second kappa shape index (κ2) is 2.54. The highest BCUT2D eigenvalue weighted by Crippen LogP contribution is 2.00. The summed E-state index contributed by atoms with van der Waals surface area (Å²) in [5.41, 5.74) is 0. The highest BCUT2D eigenvalue weighted by atomic mass is 15.0. The second-order valence-corrected chi connectivity index (χ2v) is 2.11. The molecular formula is C8H6N3. The van der Waals surface area contributed by atoms with Crippen molar-refractivity contribution in [2.24, 2.45) is 0 Å². The maximum Gasteiger partial charge on any atom is 0.199 e. The molecule has 0 unspecified atom stereocenters. The zero-order valence-electron chi connectivity index (χ0n) is 5.81. The molecule has 0 N–H and O–H groups in total. The summed E-state index contributed by atoms with van der Waals surface area (Å²) in [4.78, 5) is 7.65. The van der Waals surface area contributed by atoms with Crippen molar-refractivity contribution in [2.75, 3.05) is 0 Å². The van der Waals surface area contributed by atoms with Gasteiger partial charge in [-0.25, -0.2) is 9.97 Å². The fraction of sp³-hybridized carbons (Fsp3) is 0. The van der Waals surface area contributed by atoms with E-state index < -0.39 is 0 Å². The molecule has 11 heavy (non-hydrogen) atoms. The molecule has 1 radical (unpaired) electrons. The summed E-state index contributed by atoms with van der Waals surface area (Å²) in [6.07, 6.45) is 8.05. The minimum atomic E-state index is 0.838. The molecule has 0 aliphatic rings. The predicted molar refractivity (Wildman–Crippen MR) is 40.2 cm³/mol. The Hall–Kier alpha value is -1.64. The van der Waals surface area contributed by atoms with Crippen LogP contribution in [0.1, 0.15) is 0 Å². The van der Waals surface area contributed by atoms with Gasteiger partial charge in [0.1, 0.15) is 5.82 Å². The van der Waals surface area contributed by atoms with E-state index in [9.17, 15) is 0 Å². The highest BCUT2D eigenvalue weighted by molar-refractivity contribution is 5.19. The van der Waals surface area contributed by atoms with Gasteiger partial charge in [-0.3, -0.25) is 0 Å². The van der Waals surface area contributed by atoms with Gasteiger partial charge in [-0.15, -0.1) is 0 Å². The zero-order valence-corrected chi connectivity index (χ0v) is 5.81. The maximum absolute atomic E-state index is 3.95. The van der Waals surface area contributed by atoms with Gasteiger partial charge in [0.05, 0.1) is 0 Å². The van der Waals surface area contributed by atoms with E-state index in [1.165, 1.54) is 0 Å². The van der Waals surface area contributed by atoms with Gasteiger partial charge < -0.3 is 4.57 Å². The molecule has 2 heterocycles. The zero-order chi connectivity index (χ0) is 7.52. The van der Waals surface area contributed by atoms with Gasteiger partial charge >= 0.3 is 0 Å². The third-order valence-electron chi connectivity index (χ3n) is 1.39. The van der Waals surface area contributed by atoms with Crippen molar-refractivity contribution in [3.63, 3.8) is 0 Å². The summed E-state index contributed by atoms with van der Waals surface area (Å²) >= 11 is 0. The summed E-state index contributed by atoms with van der Waals surface area (Å²) in [5, 5.41) is 0. The molecule has 53 valence electrons. The van der Waals surface area contributed by atoms with E-state index in [4.69, 9.17) is 0 Å². The number of nitrogens with zero attached hydrogens (tertiary/aromatic N) is 3. The average Bonchev–Trinajstić information content (AvgIpc) is 2.58. The van der Waals surface area contributed by atoms with Gasteiger partial charge in [0.2, 0.25) is 0 Å².